The summed E-state index contributed by atoms with van der Waals surface area (Å²) >= 11 is 0. The van der Waals surface area contributed by atoms with Gasteiger partial charge in [-0.05, 0) is 39.7 Å². The number of likely N-dealkylation sites (tertiary alicyclic amines) is 1. The van der Waals surface area contributed by atoms with Crippen molar-refractivity contribution in [3.05, 3.63) is 0 Å². The maximum absolute atomic E-state index is 11.7. The highest BCUT2D eigenvalue weighted by atomic mass is 16.2. The third kappa shape index (κ3) is 4.47. The molecule has 0 aromatic carbocycles. The Balaban J connectivity index is 1.66. The molecule has 1 aliphatic carbocycles. The first-order valence-electron chi connectivity index (χ1n) is 7.02. The van der Waals surface area contributed by atoms with Gasteiger partial charge in [0.15, 0.2) is 0 Å². The van der Waals surface area contributed by atoms with Crippen LogP contribution in [-0.4, -0.2) is 55.1 Å². The first-order chi connectivity index (χ1) is 9.00. The molecule has 2 fully saturated rings. The minimum Gasteiger partial charge on any atom is -0.335 e. The third-order valence-electron chi connectivity index (χ3n) is 4.10. The molecule has 1 heterocycles. The summed E-state index contributed by atoms with van der Waals surface area (Å²) in [6, 6.07) is -0.0799. The molecule has 19 heavy (non-hydrogen) atoms. The zero-order valence-corrected chi connectivity index (χ0v) is 11.8. The van der Waals surface area contributed by atoms with E-state index in [9.17, 15) is 9.59 Å². The molecule has 0 radical (unpaired) electrons. The molecule has 0 aromatic heterocycles. The summed E-state index contributed by atoms with van der Waals surface area (Å²) < 4.78 is 0. The average molecular weight is 268 g/mol. The number of urea groups is 1. The first kappa shape index (κ1) is 14.3. The summed E-state index contributed by atoms with van der Waals surface area (Å²) in [6.07, 6.45) is 4.09. The number of nitrogens with one attached hydrogen (secondary N) is 3. The van der Waals surface area contributed by atoms with Crippen molar-refractivity contribution >= 4 is 11.9 Å². The topological polar surface area (TPSA) is 73.5 Å². The van der Waals surface area contributed by atoms with E-state index in [2.05, 4.69) is 27.8 Å². The van der Waals surface area contributed by atoms with Crippen molar-refractivity contribution in [1.29, 1.82) is 0 Å². The van der Waals surface area contributed by atoms with E-state index in [0.29, 0.717) is 6.54 Å². The summed E-state index contributed by atoms with van der Waals surface area (Å²) in [4.78, 5) is 25.2. The first-order valence-corrected chi connectivity index (χ1v) is 7.02. The van der Waals surface area contributed by atoms with Crippen LogP contribution in [0.1, 0.15) is 32.6 Å². The number of amides is 3. The maximum Gasteiger partial charge on any atom is 0.321 e. The molecule has 108 valence electrons. The Kier molecular flexibility index (Phi) is 4.42. The molecule has 0 bridgehead atoms. The Morgan fingerprint density at radius 2 is 1.89 bits per heavy atom. The third-order valence-corrected chi connectivity index (χ3v) is 4.10. The number of rotatable bonds is 4. The predicted octanol–water partition coefficient (Wildman–Crippen LogP) is 0.0485. The SMILES string of the molecule is CNC1(C)CCN(CC(=O)NC(=O)NC2CC2)CC1. The minimum absolute atomic E-state index is 0.177. The lowest BCUT2D eigenvalue weighted by molar-refractivity contribution is -0.121. The summed E-state index contributed by atoms with van der Waals surface area (Å²) in [5.41, 5.74) is 0.177. The van der Waals surface area contributed by atoms with Gasteiger partial charge >= 0.3 is 6.03 Å². The number of hydrogen-bond donors (Lipinski definition) is 3. The van der Waals surface area contributed by atoms with Gasteiger partial charge in [0.05, 0.1) is 6.54 Å². The highest BCUT2D eigenvalue weighted by molar-refractivity contribution is 5.95. The lowest BCUT2D eigenvalue weighted by Crippen LogP contribution is -2.52. The molecule has 2 aliphatic rings. The molecule has 0 unspecified atom stereocenters. The standard InChI is InChI=1S/C13H24N4O2/c1-13(14-2)5-7-17(8-6-13)9-11(18)16-12(19)15-10-3-4-10/h10,14H,3-9H2,1-2H3,(H2,15,16,18,19). The van der Waals surface area contributed by atoms with Crippen molar-refractivity contribution < 1.29 is 9.59 Å². The van der Waals surface area contributed by atoms with Crippen LogP contribution < -0.4 is 16.0 Å². The van der Waals surface area contributed by atoms with Crippen LogP contribution >= 0.6 is 0 Å². The maximum atomic E-state index is 11.7. The number of imide groups is 1. The summed E-state index contributed by atoms with van der Waals surface area (Å²) in [5, 5.41) is 8.46. The van der Waals surface area contributed by atoms with Gasteiger partial charge in [0.2, 0.25) is 5.91 Å². The monoisotopic (exact) mass is 268 g/mol. The Morgan fingerprint density at radius 1 is 1.26 bits per heavy atom. The van der Waals surface area contributed by atoms with Crippen molar-refractivity contribution in [3.63, 3.8) is 0 Å². The lowest BCUT2D eigenvalue weighted by Gasteiger charge is -2.38. The van der Waals surface area contributed by atoms with Crippen LogP contribution in [0.15, 0.2) is 0 Å². The van der Waals surface area contributed by atoms with Crippen LogP contribution in [0.2, 0.25) is 0 Å². The largest absolute Gasteiger partial charge is 0.335 e. The molecule has 0 spiro atoms. The molecule has 2 rings (SSSR count). The zero-order valence-electron chi connectivity index (χ0n) is 11.8. The van der Waals surface area contributed by atoms with Crippen LogP contribution in [0, 0.1) is 0 Å². The molecule has 1 saturated carbocycles. The number of carbonyl (C=O) groups is 2. The van der Waals surface area contributed by atoms with Crippen molar-refractivity contribution in [2.45, 2.75) is 44.2 Å². The smallest absolute Gasteiger partial charge is 0.321 e. The van der Waals surface area contributed by atoms with Gasteiger partial charge in [-0.2, -0.15) is 0 Å². The Hall–Kier alpha value is -1.14. The van der Waals surface area contributed by atoms with E-state index in [1.54, 1.807) is 0 Å². The number of hydrogen-bond acceptors (Lipinski definition) is 4. The molecule has 3 amide bonds. The Labute approximate surface area is 114 Å². The number of carbonyl (C=O) groups excluding carboxylic acids is 2. The van der Waals surface area contributed by atoms with Crippen LogP contribution in [-0.2, 0) is 4.79 Å². The van der Waals surface area contributed by atoms with E-state index in [4.69, 9.17) is 0 Å². The fourth-order valence-electron chi connectivity index (χ4n) is 2.27. The molecule has 1 saturated heterocycles. The fourth-order valence-corrected chi connectivity index (χ4v) is 2.27. The van der Waals surface area contributed by atoms with Crippen LogP contribution in [0.5, 0.6) is 0 Å². The van der Waals surface area contributed by atoms with Crippen molar-refractivity contribution in [1.82, 2.24) is 20.9 Å². The predicted molar refractivity (Wildman–Crippen MR) is 72.8 cm³/mol. The van der Waals surface area contributed by atoms with Crippen LogP contribution in [0.25, 0.3) is 0 Å². The van der Waals surface area contributed by atoms with E-state index < -0.39 is 0 Å². The van der Waals surface area contributed by atoms with Gasteiger partial charge in [-0.25, -0.2) is 4.79 Å². The summed E-state index contributed by atoms with van der Waals surface area (Å²) in [6.45, 7) is 4.27. The van der Waals surface area contributed by atoms with E-state index in [-0.39, 0.29) is 23.5 Å². The molecule has 0 aromatic rings. The van der Waals surface area contributed by atoms with Crippen molar-refractivity contribution in [2.24, 2.45) is 0 Å². The molecule has 0 atom stereocenters. The summed E-state index contributed by atoms with van der Waals surface area (Å²) in [7, 11) is 1.98. The van der Waals surface area contributed by atoms with Gasteiger partial charge in [0.25, 0.3) is 0 Å². The Bertz CT molecular complexity index is 347. The second-order valence-corrected chi connectivity index (χ2v) is 5.88. The zero-order chi connectivity index (χ0) is 13.9. The van der Waals surface area contributed by atoms with E-state index >= 15 is 0 Å². The van der Waals surface area contributed by atoms with Gasteiger partial charge in [-0.3, -0.25) is 15.0 Å². The van der Waals surface area contributed by atoms with Crippen molar-refractivity contribution in [2.75, 3.05) is 26.7 Å². The average Bonchev–Trinajstić information content (AvgIpc) is 3.16. The highest BCUT2D eigenvalue weighted by Gasteiger charge is 2.29. The quantitative estimate of drug-likeness (QED) is 0.673. The van der Waals surface area contributed by atoms with Crippen LogP contribution in [0.4, 0.5) is 4.79 Å². The van der Waals surface area contributed by atoms with Crippen LogP contribution in [0.3, 0.4) is 0 Å². The lowest BCUT2D eigenvalue weighted by atomic mass is 9.90. The van der Waals surface area contributed by atoms with Gasteiger partial charge in [-0.15, -0.1) is 0 Å². The molecule has 6 nitrogen and oxygen atoms in total. The molecule has 6 heteroatoms. The second-order valence-electron chi connectivity index (χ2n) is 5.88. The highest BCUT2D eigenvalue weighted by Crippen LogP contribution is 2.20. The summed E-state index contributed by atoms with van der Waals surface area (Å²) in [5.74, 6) is -0.216. The number of nitrogens with zero attached hydrogens (tertiary/aromatic N) is 1. The van der Waals surface area contributed by atoms with Gasteiger partial charge in [0, 0.05) is 24.7 Å². The minimum atomic E-state index is -0.357. The Morgan fingerprint density at radius 3 is 2.42 bits per heavy atom. The number of piperidine rings is 1. The molecule has 3 N–H and O–H groups in total. The molecular weight excluding hydrogens is 244 g/mol. The molecular formula is C13H24N4O2. The van der Waals surface area contributed by atoms with E-state index in [1.807, 2.05) is 7.05 Å². The second kappa shape index (κ2) is 5.88. The van der Waals surface area contributed by atoms with Gasteiger partial charge in [-0.1, -0.05) is 0 Å². The van der Waals surface area contributed by atoms with Crippen molar-refractivity contribution in [3.8, 4) is 0 Å². The van der Waals surface area contributed by atoms with Gasteiger partial charge < -0.3 is 10.6 Å². The molecule has 1 aliphatic heterocycles. The normalized spacial score (nSPS) is 22.8. The van der Waals surface area contributed by atoms with E-state index in [1.165, 1.54) is 0 Å². The van der Waals surface area contributed by atoms with E-state index in [0.717, 1.165) is 38.8 Å². The fraction of sp³-hybridized carbons (Fsp3) is 0.846. The van der Waals surface area contributed by atoms with Gasteiger partial charge in [0.1, 0.15) is 0 Å².